The van der Waals surface area contributed by atoms with E-state index in [0.29, 0.717) is 29.3 Å². The molecule has 0 aromatic heterocycles. The fraction of sp³-hybridized carbons (Fsp3) is 0.436. The van der Waals surface area contributed by atoms with Gasteiger partial charge >= 0.3 is 59.6 Å². The fourth-order valence-corrected chi connectivity index (χ4v) is 7.27. The zero-order valence-electron chi connectivity index (χ0n) is 36.7. The molecule has 3 aromatic carbocycles. The minimum atomic E-state index is -3.72. The van der Waals surface area contributed by atoms with E-state index >= 15 is 0 Å². The molecule has 0 saturated carbocycles. The number of rotatable bonds is 16. The second-order valence-corrected chi connectivity index (χ2v) is 25.3. The minimum Gasteiger partial charge on any atom is -0.635 e. The molecule has 0 fully saturated rings. The van der Waals surface area contributed by atoms with E-state index in [9.17, 15) is 31.2 Å². The summed E-state index contributed by atoms with van der Waals surface area (Å²) in [4.78, 5) is 43.3. The van der Waals surface area contributed by atoms with Crippen LogP contribution in [0.4, 0.5) is 0 Å². The van der Waals surface area contributed by atoms with Crippen LogP contribution in [0.15, 0.2) is 47.8 Å². The molecule has 0 bridgehead atoms. The maximum absolute atomic E-state index is 11.1. The Bertz CT molecular complexity index is 2350. The molecule has 66 heavy (non-hydrogen) atoms. The van der Waals surface area contributed by atoms with Crippen LogP contribution < -0.4 is 56.6 Å². The van der Waals surface area contributed by atoms with Gasteiger partial charge in [0.25, 0.3) is 0 Å². The molecule has 0 aliphatic rings. The summed E-state index contributed by atoms with van der Waals surface area (Å²) < 4.78 is 61.9. The topological polar surface area (TPSA) is 239 Å². The van der Waals surface area contributed by atoms with Crippen molar-refractivity contribution in [2.75, 3.05) is 17.3 Å². The van der Waals surface area contributed by atoms with Gasteiger partial charge in [0, 0.05) is 72.0 Å². The summed E-state index contributed by atoms with van der Waals surface area (Å²) in [5.74, 6) is 0.897. The Balaban J connectivity index is -0.000000377. The van der Waals surface area contributed by atoms with E-state index in [2.05, 4.69) is 58.0 Å². The number of nitrogens with zero attached hydrogens (tertiary/aromatic N) is 2. The molecule has 0 unspecified atom stereocenters. The Morgan fingerprint density at radius 2 is 1.12 bits per heavy atom. The van der Waals surface area contributed by atoms with Gasteiger partial charge < -0.3 is 10.2 Å². The van der Waals surface area contributed by atoms with Crippen LogP contribution in [0.5, 0.6) is 0 Å². The molecule has 3 rings (SSSR count). The fourth-order valence-electron chi connectivity index (χ4n) is 5.00. The minimum absolute atomic E-state index is 0. The number of halogens is 8. The summed E-state index contributed by atoms with van der Waals surface area (Å²) in [7, 11) is 8.14. The van der Waals surface area contributed by atoms with Crippen molar-refractivity contribution in [1.29, 1.82) is 5.26 Å². The predicted octanol–water partition coefficient (Wildman–Crippen LogP) is 6.76. The first-order valence-electron chi connectivity index (χ1n) is 18.2. The van der Waals surface area contributed by atoms with Crippen LogP contribution in [-0.2, 0) is 84.3 Å². The molecular formula is C39H47Cl8KN2O12S4. The number of nitriles is 1. The van der Waals surface area contributed by atoms with Crippen LogP contribution in [-0.4, -0.2) is 64.7 Å². The number of hydrogen-bond acceptors (Lipinski definition) is 15. The number of hydrogen-bond donors (Lipinski definition) is 1. The largest absolute Gasteiger partial charge is 1.00 e. The SMILES string of the molecule is CC(=O)Cc1cc(C)c(CCS(=O)(=O)Cl)cc1Cl.CC(=O)Cc1ccc(CCS(=O)(=O)Cl)c(C)c1Cl.CC(=O)Cc1ccc(CCS)c(C)c1.N#CCC(Cl)Cl.O=NO[O-].O=S(=O)(Cl)Cl.[K+]. The van der Waals surface area contributed by atoms with Gasteiger partial charge in [-0.3, -0.25) is 14.4 Å². The summed E-state index contributed by atoms with van der Waals surface area (Å²) in [6.45, 7) is 10.4. The number of Topliss-reactive ketones (excluding diaryl/α,β-unsaturated/α-hetero) is 3. The van der Waals surface area contributed by atoms with Gasteiger partial charge in [-0.25, -0.2) is 16.8 Å². The Morgan fingerprint density at radius 3 is 1.48 bits per heavy atom. The van der Waals surface area contributed by atoms with Crippen molar-refractivity contribution < 1.29 is 101 Å². The molecule has 0 amide bonds. The molecule has 0 N–H and O–H groups in total. The van der Waals surface area contributed by atoms with E-state index < -0.39 is 31.2 Å². The van der Waals surface area contributed by atoms with Gasteiger partial charge in [0.05, 0.1) is 24.0 Å². The summed E-state index contributed by atoms with van der Waals surface area (Å²) >= 11 is 26.7. The van der Waals surface area contributed by atoms with E-state index in [1.165, 1.54) is 30.3 Å². The van der Waals surface area contributed by atoms with E-state index in [4.69, 9.17) is 91.6 Å². The van der Waals surface area contributed by atoms with Crippen molar-refractivity contribution >= 4 is 145 Å². The van der Waals surface area contributed by atoms with Crippen LogP contribution in [0.2, 0.25) is 10.0 Å². The van der Waals surface area contributed by atoms with E-state index in [1.54, 1.807) is 31.2 Å². The predicted molar refractivity (Wildman–Crippen MR) is 264 cm³/mol. The number of alkyl halides is 2. The quantitative estimate of drug-likeness (QED) is 0.0297. The molecule has 27 heteroatoms. The second kappa shape index (κ2) is 38.4. The number of carbonyl (C=O) groups is 3. The third-order valence-corrected chi connectivity index (χ3v) is 11.4. The molecule has 3 aromatic rings. The molecule has 0 aliphatic heterocycles. The Morgan fingerprint density at radius 1 is 0.712 bits per heavy atom. The van der Waals surface area contributed by atoms with E-state index in [-0.39, 0.29) is 99.5 Å². The molecule has 14 nitrogen and oxygen atoms in total. The molecule has 0 radical (unpaired) electrons. The number of benzene rings is 3. The van der Waals surface area contributed by atoms with Crippen molar-refractivity contribution in [3.05, 3.63) is 107 Å². The maximum atomic E-state index is 11.1. The monoisotopic (exact) mass is 1180 g/mol. The van der Waals surface area contributed by atoms with Crippen molar-refractivity contribution in [2.24, 2.45) is 5.34 Å². The third-order valence-electron chi connectivity index (χ3n) is 7.71. The van der Waals surface area contributed by atoms with Gasteiger partial charge in [-0.15, -0.1) is 28.1 Å². The first kappa shape index (κ1) is 72.2. The number of aryl methyl sites for hydroxylation is 5. The van der Waals surface area contributed by atoms with Gasteiger partial charge in [-0.05, 0) is 123 Å². The van der Waals surface area contributed by atoms with Gasteiger partial charge in [-0.1, -0.05) is 59.6 Å². The average molecular weight is 1190 g/mol. The molecule has 0 atom stereocenters. The van der Waals surface area contributed by atoms with E-state index in [0.717, 1.165) is 51.1 Å². The molecule has 0 aliphatic carbocycles. The second-order valence-electron chi connectivity index (χ2n) is 13.3. The van der Waals surface area contributed by atoms with Crippen LogP contribution in [0.3, 0.4) is 0 Å². The number of carbonyl (C=O) groups excluding carboxylic acids is 3. The van der Waals surface area contributed by atoms with Crippen LogP contribution in [0, 0.1) is 37.0 Å². The third kappa shape index (κ3) is 42.5. The molecule has 0 spiro atoms. The maximum Gasteiger partial charge on any atom is 1.00 e. The summed E-state index contributed by atoms with van der Waals surface area (Å²) in [5, 5.41) is 18.6. The summed E-state index contributed by atoms with van der Waals surface area (Å²) in [5.41, 5.74) is 8.60. The molecule has 366 valence electrons. The van der Waals surface area contributed by atoms with E-state index in [1.807, 2.05) is 26.0 Å². The smallest absolute Gasteiger partial charge is 0.635 e. The van der Waals surface area contributed by atoms with Crippen molar-refractivity contribution in [1.82, 2.24) is 0 Å². The molecule has 0 heterocycles. The average Bonchev–Trinajstić information content (AvgIpc) is 3.14. The molecule has 0 saturated heterocycles. The van der Waals surface area contributed by atoms with Crippen LogP contribution >= 0.6 is 102 Å². The Hall–Kier alpha value is -0.324. The Labute approximate surface area is 473 Å². The van der Waals surface area contributed by atoms with Gasteiger partial charge in [0.1, 0.15) is 27.5 Å². The summed E-state index contributed by atoms with van der Waals surface area (Å²) in [6, 6.07) is 15.1. The molecular weight excluding hydrogens is 1140 g/mol. The zero-order chi connectivity index (χ0) is 51.3. The van der Waals surface area contributed by atoms with Crippen molar-refractivity contribution in [3.63, 3.8) is 0 Å². The number of ketones is 3. The zero-order valence-corrected chi connectivity index (χ0v) is 49.2. The first-order chi connectivity index (χ1) is 29.7. The first-order valence-corrected chi connectivity index (χ1v) is 28.5. The van der Waals surface area contributed by atoms with Gasteiger partial charge in [0.2, 0.25) is 18.1 Å². The normalized spacial score (nSPS) is 10.4. The number of thiol groups is 1. The van der Waals surface area contributed by atoms with Crippen LogP contribution in [0.25, 0.3) is 0 Å². The van der Waals surface area contributed by atoms with Gasteiger partial charge in [0.15, 0.2) is 0 Å². The van der Waals surface area contributed by atoms with Gasteiger partial charge in [-0.2, -0.15) is 26.3 Å². The van der Waals surface area contributed by atoms with Crippen molar-refractivity contribution in [3.8, 4) is 6.07 Å². The van der Waals surface area contributed by atoms with Crippen molar-refractivity contribution in [2.45, 2.75) is 91.3 Å². The van der Waals surface area contributed by atoms with Crippen LogP contribution in [0.1, 0.15) is 77.3 Å². The summed E-state index contributed by atoms with van der Waals surface area (Å²) in [6.07, 6.45) is 2.96. The standard InChI is InChI=1S/2C12H14Cl2O3S.C12H16OS.C3H3Cl2N.Cl2O2S.K.HNO3/c1-8-5-11(6-9(2)15)12(13)7-10(8)3-4-18(14,16)17;1-8(15)7-11-4-3-10(9(2)12(11)13)5-6-18(14,16)17;1-9-7-11(8-10(2)13)3-4-12(9)5-6-14;4-3(5)1-2-6;1-5(2,3)4;;2-1-4-3/h5,7H,3-4,6H2,1-2H3;3-4H,5-7H2,1-2H3;3-4,7,14H,5-6,8H2,1-2H3;3H,1H2;;;3H/q;;;;;+1;/p-1. The Kier molecular flexibility index (Phi) is 42.0.